The summed E-state index contributed by atoms with van der Waals surface area (Å²) in [5, 5.41) is 8.70. The van der Waals surface area contributed by atoms with Crippen LogP contribution in [-0.2, 0) is 7.05 Å². The van der Waals surface area contributed by atoms with E-state index in [1.807, 2.05) is 11.6 Å². The number of imidazole rings is 1. The molecule has 2 aromatic rings. The highest BCUT2D eigenvalue weighted by atomic mass is 16.4. The van der Waals surface area contributed by atoms with Crippen molar-refractivity contribution in [3.05, 3.63) is 36.4 Å². The molecule has 0 aromatic carbocycles. The van der Waals surface area contributed by atoms with Crippen molar-refractivity contribution in [3.8, 4) is 11.4 Å². The van der Waals surface area contributed by atoms with Gasteiger partial charge in [0.05, 0.1) is 29.5 Å². The third-order valence-corrected chi connectivity index (χ3v) is 2.09. The topological polar surface area (TPSA) is 68.0 Å². The van der Waals surface area contributed by atoms with Gasteiger partial charge in [-0.15, -0.1) is 0 Å². The molecule has 0 bridgehead atoms. The van der Waals surface area contributed by atoms with Crippen LogP contribution in [0.15, 0.2) is 30.9 Å². The van der Waals surface area contributed by atoms with Gasteiger partial charge in [0.1, 0.15) is 0 Å². The van der Waals surface area contributed by atoms with Gasteiger partial charge in [0.2, 0.25) is 0 Å². The molecular formula is C10H9N3O2. The Hall–Kier alpha value is -2.17. The summed E-state index contributed by atoms with van der Waals surface area (Å²) in [6, 6.07) is 3.19. The Balaban J connectivity index is 2.40. The highest BCUT2D eigenvalue weighted by Crippen LogP contribution is 2.15. The summed E-state index contributed by atoms with van der Waals surface area (Å²) in [4.78, 5) is 18.6. The van der Waals surface area contributed by atoms with Gasteiger partial charge in [0.15, 0.2) is 0 Å². The highest BCUT2D eigenvalue weighted by Gasteiger charge is 2.06. The van der Waals surface area contributed by atoms with Gasteiger partial charge in [-0.25, -0.2) is 9.78 Å². The number of rotatable bonds is 2. The molecule has 0 saturated carbocycles. The van der Waals surface area contributed by atoms with E-state index in [0.29, 0.717) is 5.69 Å². The molecule has 0 atom stereocenters. The van der Waals surface area contributed by atoms with Gasteiger partial charge < -0.3 is 9.67 Å². The van der Waals surface area contributed by atoms with Crippen LogP contribution < -0.4 is 0 Å². The van der Waals surface area contributed by atoms with Crippen LogP contribution in [0.25, 0.3) is 11.4 Å². The van der Waals surface area contributed by atoms with Crippen molar-refractivity contribution in [2.45, 2.75) is 0 Å². The minimum Gasteiger partial charge on any atom is -0.478 e. The number of aryl methyl sites for hydroxylation is 1. The lowest BCUT2D eigenvalue weighted by Crippen LogP contribution is -1.98. The van der Waals surface area contributed by atoms with E-state index in [1.54, 1.807) is 18.6 Å². The number of nitrogens with zero attached hydrogens (tertiary/aromatic N) is 3. The molecule has 1 N–H and O–H groups in total. The Morgan fingerprint density at radius 3 is 2.67 bits per heavy atom. The lowest BCUT2D eigenvalue weighted by atomic mass is 10.2. The minimum atomic E-state index is -0.973. The molecule has 5 heteroatoms. The van der Waals surface area contributed by atoms with Crippen LogP contribution in [0.1, 0.15) is 10.4 Å². The lowest BCUT2D eigenvalue weighted by molar-refractivity contribution is 0.0696. The molecular weight excluding hydrogens is 194 g/mol. The fourth-order valence-electron chi connectivity index (χ4n) is 1.28. The number of pyridine rings is 1. The summed E-state index contributed by atoms with van der Waals surface area (Å²) in [5.74, 6) is -0.973. The van der Waals surface area contributed by atoms with Gasteiger partial charge in [0.25, 0.3) is 0 Å². The normalized spacial score (nSPS) is 10.2. The first-order valence-corrected chi connectivity index (χ1v) is 4.34. The first-order valence-electron chi connectivity index (χ1n) is 4.34. The number of carboxylic acid groups (broad SMARTS) is 1. The van der Waals surface area contributed by atoms with Gasteiger partial charge >= 0.3 is 5.97 Å². The van der Waals surface area contributed by atoms with Crippen LogP contribution in [0.5, 0.6) is 0 Å². The molecule has 0 fully saturated rings. The number of aromatic carboxylic acids is 1. The van der Waals surface area contributed by atoms with Crippen molar-refractivity contribution in [1.82, 2.24) is 14.5 Å². The summed E-state index contributed by atoms with van der Waals surface area (Å²) in [6.45, 7) is 0. The van der Waals surface area contributed by atoms with E-state index in [0.717, 1.165) is 5.69 Å². The molecule has 0 radical (unpaired) electrons. The van der Waals surface area contributed by atoms with Crippen LogP contribution >= 0.6 is 0 Å². The Morgan fingerprint density at radius 2 is 2.20 bits per heavy atom. The molecule has 0 aliphatic heterocycles. The number of hydrogen-bond donors (Lipinski definition) is 1. The molecule has 0 aliphatic rings. The summed E-state index contributed by atoms with van der Waals surface area (Å²) < 4.78 is 1.82. The van der Waals surface area contributed by atoms with Crippen LogP contribution in [0.4, 0.5) is 0 Å². The molecule has 0 aliphatic carbocycles. The monoisotopic (exact) mass is 203 g/mol. The molecule has 15 heavy (non-hydrogen) atoms. The molecule has 0 spiro atoms. The molecule has 2 heterocycles. The first kappa shape index (κ1) is 9.39. The molecule has 0 unspecified atom stereocenters. The molecule has 0 saturated heterocycles. The molecule has 0 amide bonds. The maximum absolute atomic E-state index is 10.6. The second-order valence-corrected chi connectivity index (χ2v) is 3.13. The Kier molecular flexibility index (Phi) is 2.21. The average molecular weight is 203 g/mol. The predicted molar refractivity (Wildman–Crippen MR) is 53.4 cm³/mol. The summed E-state index contributed by atoms with van der Waals surface area (Å²) in [7, 11) is 1.86. The van der Waals surface area contributed by atoms with Gasteiger partial charge in [0, 0.05) is 13.2 Å². The largest absolute Gasteiger partial charge is 0.478 e. The van der Waals surface area contributed by atoms with Crippen molar-refractivity contribution < 1.29 is 9.90 Å². The van der Waals surface area contributed by atoms with Gasteiger partial charge in [-0.2, -0.15) is 0 Å². The van der Waals surface area contributed by atoms with Crippen LogP contribution in [0.3, 0.4) is 0 Å². The average Bonchev–Trinajstić information content (AvgIpc) is 2.65. The molecule has 76 valence electrons. The zero-order valence-electron chi connectivity index (χ0n) is 8.08. The van der Waals surface area contributed by atoms with Crippen molar-refractivity contribution in [3.63, 3.8) is 0 Å². The summed E-state index contributed by atoms with van der Waals surface area (Å²) >= 11 is 0. The van der Waals surface area contributed by atoms with Crippen LogP contribution in [0.2, 0.25) is 0 Å². The zero-order valence-corrected chi connectivity index (χ0v) is 8.08. The van der Waals surface area contributed by atoms with E-state index in [4.69, 9.17) is 5.11 Å². The predicted octanol–water partition coefficient (Wildman–Crippen LogP) is 1.18. The second kappa shape index (κ2) is 3.53. The highest BCUT2D eigenvalue weighted by molar-refractivity contribution is 5.87. The molecule has 2 aromatic heterocycles. The van der Waals surface area contributed by atoms with E-state index < -0.39 is 5.97 Å². The quantitative estimate of drug-likeness (QED) is 0.795. The summed E-state index contributed by atoms with van der Waals surface area (Å²) in [6.07, 6.45) is 4.69. The molecule has 5 nitrogen and oxygen atoms in total. The molecule has 2 rings (SSSR count). The smallest absolute Gasteiger partial charge is 0.337 e. The first-order chi connectivity index (χ1) is 7.18. The third-order valence-electron chi connectivity index (χ3n) is 2.09. The number of carboxylic acids is 1. The van der Waals surface area contributed by atoms with Crippen molar-refractivity contribution in [1.29, 1.82) is 0 Å². The maximum Gasteiger partial charge on any atom is 0.337 e. The van der Waals surface area contributed by atoms with E-state index in [1.165, 1.54) is 12.3 Å². The zero-order chi connectivity index (χ0) is 10.8. The fourth-order valence-corrected chi connectivity index (χ4v) is 1.28. The van der Waals surface area contributed by atoms with Crippen molar-refractivity contribution in [2.24, 2.45) is 7.05 Å². The SMILES string of the molecule is Cn1cncc1-c1ccc(C(=O)O)cn1. The Morgan fingerprint density at radius 1 is 1.40 bits per heavy atom. The fraction of sp³-hybridized carbons (Fsp3) is 0.100. The van der Waals surface area contributed by atoms with Gasteiger partial charge in [-0.05, 0) is 12.1 Å². The summed E-state index contributed by atoms with van der Waals surface area (Å²) in [5.41, 5.74) is 1.74. The standard InChI is InChI=1S/C10H9N3O2/c1-13-6-11-5-9(13)8-3-2-7(4-12-8)10(14)15/h2-6H,1H3,(H,14,15). The lowest BCUT2D eigenvalue weighted by Gasteiger charge is -2.01. The van der Waals surface area contributed by atoms with E-state index in [9.17, 15) is 4.79 Å². The number of carbonyl (C=O) groups is 1. The van der Waals surface area contributed by atoms with Crippen molar-refractivity contribution >= 4 is 5.97 Å². The van der Waals surface area contributed by atoms with E-state index >= 15 is 0 Å². The number of aromatic nitrogens is 3. The van der Waals surface area contributed by atoms with Crippen molar-refractivity contribution in [2.75, 3.05) is 0 Å². The van der Waals surface area contributed by atoms with Gasteiger partial charge in [-0.1, -0.05) is 0 Å². The second-order valence-electron chi connectivity index (χ2n) is 3.13. The van der Waals surface area contributed by atoms with Crippen LogP contribution in [0, 0.1) is 0 Å². The van der Waals surface area contributed by atoms with E-state index in [2.05, 4.69) is 9.97 Å². The Labute approximate surface area is 86.0 Å². The number of hydrogen-bond acceptors (Lipinski definition) is 3. The Bertz CT molecular complexity index is 488. The van der Waals surface area contributed by atoms with Crippen LogP contribution in [-0.4, -0.2) is 25.6 Å². The minimum absolute atomic E-state index is 0.181. The van der Waals surface area contributed by atoms with E-state index in [-0.39, 0.29) is 5.56 Å². The third kappa shape index (κ3) is 1.71. The maximum atomic E-state index is 10.6. The van der Waals surface area contributed by atoms with Gasteiger partial charge in [-0.3, -0.25) is 4.98 Å².